The van der Waals surface area contributed by atoms with Crippen LogP contribution in [-0.4, -0.2) is 55.4 Å². The van der Waals surface area contributed by atoms with Crippen molar-refractivity contribution in [2.45, 2.75) is 39.3 Å². The monoisotopic (exact) mass is 600 g/mol. The van der Waals surface area contributed by atoms with Gasteiger partial charge in [0, 0.05) is 36.7 Å². The maximum absolute atomic E-state index is 14.1. The molecule has 0 aliphatic rings. The molecule has 0 aliphatic heterocycles. The number of benzene rings is 3. The first-order valence-corrected chi connectivity index (χ1v) is 15.2. The molecule has 10 nitrogen and oxygen atoms in total. The molecular formula is C29H33ClN4O6S. The second kappa shape index (κ2) is 14.1. The molecule has 2 amide bonds. The van der Waals surface area contributed by atoms with E-state index in [-0.39, 0.29) is 30.2 Å². The summed E-state index contributed by atoms with van der Waals surface area (Å²) in [6.07, 6.45) is 1.80. The first-order chi connectivity index (χ1) is 19.4. The fraction of sp³-hybridized carbons (Fsp3) is 0.310. The van der Waals surface area contributed by atoms with Crippen LogP contribution in [0.25, 0.3) is 0 Å². The molecule has 218 valence electrons. The van der Waals surface area contributed by atoms with Crippen molar-refractivity contribution < 1.29 is 22.9 Å². The Hall–Kier alpha value is -3.96. The lowest BCUT2D eigenvalue weighted by Crippen LogP contribution is -2.53. The molecule has 0 saturated heterocycles. The van der Waals surface area contributed by atoms with Crippen LogP contribution in [0.4, 0.5) is 11.4 Å². The predicted molar refractivity (Wildman–Crippen MR) is 159 cm³/mol. The molecule has 0 bridgehead atoms. The molecule has 0 aromatic heterocycles. The third-order valence-corrected chi connectivity index (χ3v) is 7.82. The Morgan fingerprint density at radius 2 is 1.68 bits per heavy atom. The van der Waals surface area contributed by atoms with Crippen molar-refractivity contribution in [3.05, 3.63) is 105 Å². The first-order valence-electron chi connectivity index (χ1n) is 13.0. The van der Waals surface area contributed by atoms with Gasteiger partial charge in [0.25, 0.3) is 5.69 Å². The maximum atomic E-state index is 14.1. The number of nitro groups is 1. The van der Waals surface area contributed by atoms with Gasteiger partial charge in [0.1, 0.15) is 12.6 Å². The molecule has 0 spiro atoms. The van der Waals surface area contributed by atoms with E-state index in [4.69, 9.17) is 11.6 Å². The fourth-order valence-electron chi connectivity index (χ4n) is 4.28. The number of halogens is 1. The van der Waals surface area contributed by atoms with Gasteiger partial charge in [0.15, 0.2) is 0 Å². The van der Waals surface area contributed by atoms with Gasteiger partial charge in [0.05, 0.1) is 16.9 Å². The zero-order valence-corrected chi connectivity index (χ0v) is 24.7. The van der Waals surface area contributed by atoms with Gasteiger partial charge in [-0.25, -0.2) is 8.42 Å². The average Bonchev–Trinajstić information content (AvgIpc) is 2.93. The second-order valence-electron chi connectivity index (χ2n) is 9.64. The molecule has 0 aliphatic carbocycles. The van der Waals surface area contributed by atoms with Crippen molar-refractivity contribution in [1.29, 1.82) is 0 Å². The molecule has 3 aromatic rings. The number of carbonyl (C=O) groups is 2. The van der Waals surface area contributed by atoms with Crippen molar-refractivity contribution in [3.63, 3.8) is 0 Å². The average molecular weight is 601 g/mol. The van der Waals surface area contributed by atoms with E-state index in [2.05, 4.69) is 5.32 Å². The fourth-order valence-corrected chi connectivity index (χ4v) is 5.31. The quantitative estimate of drug-likeness (QED) is 0.227. The zero-order chi connectivity index (χ0) is 30.2. The van der Waals surface area contributed by atoms with Crippen molar-refractivity contribution in [2.24, 2.45) is 0 Å². The number of anilines is 1. The Balaban J connectivity index is 2.09. The van der Waals surface area contributed by atoms with Crippen LogP contribution in [0.15, 0.2) is 72.8 Å². The third-order valence-electron chi connectivity index (χ3n) is 6.44. The zero-order valence-electron chi connectivity index (χ0n) is 23.1. The van der Waals surface area contributed by atoms with Crippen LogP contribution in [0, 0.1) is 17.0 Å². The van der Waals surface area contributed by atoms with E-state index >= 15 is 0 Å². The number of rotatable bonds is 13. The van der Waals surface area contributed by atoms with Crippen LogP contribution in [0.2, 0.25) is 5.02 Å². The van der Waals surface area contributed by atoms with Gasteiger partial charge in [-0.2, -0.15) is 0 Å². The summed E-state index contributed by atoms with van der Waals surface area (Å²) in [7, 11) is -4.06. The van der Waals surface area contributed by atoms with Gasteiger partial charge >= 0.3 is 0 Å². The van der Waals surface area contributed by atoms with E-state index in [9.17, 15) is 28.1 Å². The Morgan fingerprint density at radius 3 is 2.27 bits per heavy atom. The molecule has 1 N–H and O–H groups in total. The third kappa shape index (κ3) is 8.76. The maximum Gasteiger partial charge on any atom is 0.271 e. The molecule has 0 radical (unpaired) electrons. The highest BCUT2D eigenvalue weighted by atomic mass is 35.5. The molecule has 1 atom stereocenters. The van der Waals surface area contributed by atoms with Gasteiger partial charge in [0.2, 0.25) is 21.8 Å². The van der Waals surface area contributed by atoms with Crippen LogP contribution in [0.3, 0.4) is 0 Å². The molecule has 0 heterocycles. The molecule has 41 heavy (non-hydrogen) atoms. The van der Waals surface area contributed by atoms with Crippen LogP contribution in [-0.2, 0) is 32.6 Å². The number of nitrogens with zero attached hydrogens (tertiary/aromatic N) is 3. The molecule has 3 rings (SSSR count). The van der Waals surface area contributed by atoms with E-state index in [1.54, 1.807) is 31.2 Å². The number of aryl methyl sites for hydroxylation is 1. The summed E-state index contributed by atoms with van der Waals surface area (Å²) in [5.74, 6) is -1.03. The van der Waals surface area contributed by atoms with E-state index in [0.29, 0.717) is 29.1 Å². The van der Waals surface area contributed by atoms with E-state index in [0.717, 1.165) is 22.2 Å². The van der Waals surface area contributed by atoms with Crippen molar-refractivity contribution in [3.8, 4) is 0 Å². The lowest BCUT2D eigenvalue weighted by atomic mass is 10.0. The van der Waals surface area contributed by atoms with Crippen LogP contribution in [0.1, 0.15) is 30.0 Å². The molecule has 0 fully saturated rings. The van der Waals surface area contributed by atoms with Gasteiger partial charge in [-0.15, -0.1) is 0 Å². The lowest BCUT2D eigenvalue weighted by Gasteiger charge is -2.33. The van der Waals surface area contributed by atoms with Gasteiger partial charge < -0.3 is 10.2 Å². The Morgan fingerprint density at radius 1 is 1.02 bits per heavy atom. The summed E-state index contributed by atoms with van der Waals surface area (Å²) >= 11 is 6.06. The standard InChI is InChI=1S/C29H33ClN4O6S/c1-4-16-31-29(36)27(17-22-8-6-5-7-9-22)32(19-23-11-13-24(30)14-12-23)28(35)20-33(41(3,39)40)26-18-25(34(37)38)15-10-21(26)2/h5-15,18,27H,4,16-17,19-20H2,1-3H3,(H,31,36)/t27-/m1/s1. The smallest absolute Gasteiger partial charge is 0.271 e. The highest BCUT2D eigenvalue weighted by Gasteiger charge is 2.33. The van der Waals surface area contributed by atoms with E-state index in [1.165, 1.54) is 17.0 Å². The lowest BCUT2D eigenvalue weighted by molar-refractivity contribution is -0.384. The minimum atomic E-state index is -4.06. The van der Waals surface area contributed by atoms with Crippen LogP contribution in [0.5, 0.6) is 0 Å². The highest BCUT2D eigenvalue weighted by Crippen LogP contribution is 2.28. The number of carbonyl (C=O) groups excluding carboxylic acids is 2. The summed E-state index contributed by atoms with van der Waals surface area (Å²) in [6.45, 7) is 3.24. The minimum absolute atomic E-state index is 0.00142. The number of amides is 2. The van der Waals surface area contributed by atoms with Gasteiger partial charge in [-0.1, -0.05) is 67.1 Å². The normalized spacial score (nSPS) is 11.9. The number of nitrogens with one attached hydrogen (secondary N) is 1. The highest BCUT2D eigenvalue weighted by molar-refractivity contribution is 7.92. The van der Waals surface area contributed by atoms with Crippen LogP contribution >= 0.6 is 11.6 Å². The number of non-ortho nitro benzene ring substituents is 1. The van der Waals surface area contributed by atoms with Crippen molar-refractivity contribution in [2.75, 3.05) is 23.7 Å². The Bertz CT molecular complexity index is 1480. The van der Waals surface area contributed by atoms with Gasteiger partial charge in [-0.05, 0) is 42.2 Å². The van der Waals surface area contributed by atoms with E-state index < -0.39 is 33.4 Å². The first kappa shape index (κ1) is 31.6. The van der Waals surface area contributed by atoms with Crippen LogP contribution < -0.4 is 9.62 Å². The Labute approximate surface area is 245 Å². The minimum Gasteiger partial charge on any atom is -0.354 e. The second-order valence-corrected chi connectivity index (χ2v) is 12.0. The number of hydrogen-bond acceptors (Lipinski definition) is 6. The summed E-state index contributed by atoms with van der Waals surface area (Å²) < 4.78 is 26.7. The summed E-state index contributed by atoms with van der Waals surface area (Å²) in [4.78, 5) is 39.7. The van der Waals surface area contributed by atoms with E-state index in [1.807, 2.05) is 37.3 Å². The molecular weight excluding hydrogens is 568 g/mol. The molecule has 12 heteroatoms. The topological polar surface area (TPSA) is 130 Å². The summed E-state index contributed by atoms with van der Waals surface area (Å²) in [5.41, 5.74) is 1.62. The summed E-state index contributed by atoms with van der Waals surface area (Å²) in [6, 6.07) is 18.8. The Kier molecular flexibility index (Phi) is 10.8. The van der Waals surface area contributed by atoms with Crippen molar-refractivity contribution in [1.82, 2.24) is 10.2 Å². The molecule has 3 aromatic carbocycles. The SMILES string of the molecule is CCCNC(=O)[C@@H](Cc1ccccc1)N(Cc1ccc(Cl)cc1)C(=O)CN(c1cc([N+](=O)[O-])ccc1C)S(C)(=O)=O. The number of sulfonamides is 1. The predicted octanol–water partition coefficient (Wildman–Crippen LogP) is 4.49. The van der Waals surface area contributed by atoms with Gasteiger partial charge in [-0.3, -0.25) is 24.0 Å². The summed E-state index contributed by atoms with van der Waals surface area (Å²) in [5, 5.41) is 14.8. The number of nitro benzene ring substituents is 1. The largest absolute Gasteiger partial charge is 0.354 e. The van der Waals surface area contributed by atoms with Crippen molar-refractivity contribution >= 4 is 44.8 Å². The molecule has 0 saturated carbocycles. The molecule has 0 unspecified atom stereocenters. The number of hydrogen-bond donors (Lipinski definition) is 1.